The number of carbonyl (C=O) groups excluding carboxylic acids is 1. The van der Waals surface area contributed by atoms with Crippen LogP contribution in [0.5, 0.6) is 17.2 Å². The molecule has 8 heteroatoms. The molecular weight excluding hydrogens is 462 g/mol. The SMILES string of the molecule is COc1ccc(OC)c(-c2c3c(nc4sc(C(=O)Oc5cccc(C)c5)c(N)c24)CCN(C)C3)c1. The van der Waals surface area contributed by atoms with Gasteiger partial charge in [0.15, 0.2) is 0 Å². The van der Waals surface area contributed by atoms with Gasteiger partial charge in [-0.05, 0) is 55.4 Å². The standard InChI is InChI=1S/C27H27N3O4S/c1-15-6-5-7-17(12-15)34-27(31)25-24(28)23-22(18-13-16(32-3)8-9-21(18)33-4)19-14-30(2)11-10-20(19)29-26(23)35-25/h5-9,12-13H,10-11,14,28H2,1-4H3. The fourth-order valence-corrected chi connectivity index (χ4v) is 5.55. The lowest BCUT2D eigenvalue weighted by atomic mass is 9.91. The van der Waals surface area contributed by atoms with Gasteiger partial charge in [0.1, 0.15) is 27.0 Å². The number of aromatic nitrogens is 1. The molecule has 0 bridgehead atoms. The molecule has 2 N–H and O–H groups in total. The first-order valence-corrected chi connectivity index (χ1v) is 12.1. The highest BCUT2D eigenvalue weighted by molar-refractivity contribution is 7.21. The number of ether oxygens (including phenoxy) is 3. The predicted molar refractivity (Wildman–Crippen MR) is 139 cm³/mol. The molecule has 0 radical (unpaired) electrons. The monoisotopic (exact) mass is 489 g/mol. The molecule has 7 nitrogen and oxygen atoms in total. The molecule has 0 amide bonds. The van der Waals surface area contributed by atoms with Crippen LogP contribution in [0.4, 0.5) is 5.69 Å². The van der Waals surface area contributed by atoms with Crippen LogP contribution in [0.25, 0.3) is 21.3 Å². The third-order valence-corrected chi connectivity index (χ3v) is 7.36. The van der Waals surface area contributed by atoms with Gasteiger partial charge in [-0.2, -0.15) is 0 Å². The van der Waals surface area contributed by atoms with Crippen LogP contribution < -0.4 is 19.9 Å². The number of anilines is 1. The number of pyridine rings is 1. The van der Waals surface area contributed by atoms with Crippen LogP contribution in [0, 0.1) is 6.92 Å². The minimum absolute atomic E-state index is 0.341. The number of hydrogen-bond donors (Lipinski definition) is 1. The Bertz CT molecular complexity index is 1450. The van der Waals surface area contributed by atoms with Crippen molar-refractivity contribution in [2.45, 2.75) is 19.9 Å². The van der Waals surface area contributed by atoms with Crippen LogP contribution in [0.3, 0.4) is 0 Å². The third-order valence-electron chi connectivity index (χ3n) is 6.28. The van der Waals surface area contributed by atoms with Crippen LogP contribution in [-0.4, -0.2) is 43.7 Å². The van der Waals surface area contributed by atoms with E-state index in [4.69, 9.17) is 24.9 Å². The van der Waals surface area contributed by atoms with Crippen molar-refractivity contribution in [3.8, 4) is 28.4 Å². The van der Waals surface area contributed by atoms with Gasteiger partial charge in [0, 0.05) is 41.7 Å². The number of carbonyl (C=O) groups is 1. The fraction of sp³-hybridized carbons (Fsp3) is 0.259. The lowest BCUT2D eigenvalue weighted by Gasteiger charge is -2.27. The Labute approximate surface area is 208 Å². The van der Waals surface area contributed by atoms with Crippen LogP contribution in [-0.2, 0) is 13.0 Å². The van der Waals surface area contributed by atoms with Crippen molar-refractivity contribution in [1.29, 1.82) is 0 Å². The molecule has 1 aliphatic rings. The van der Waals surface area contributed by atoms with Gasteiger partial charge in [0.05, 0.1) is 19.9 Å². The molecule has 5 rings (SSSR count). The summed E-state index contributed by atoms with van der Waals surface area (Å²) >= 11 is 1.26. The molecule has 35 heavy (non-hydrogen) atoms. The Morgan fingerprint density at radius 2 is 1.94 bits per heavy atom. The normalized spacial score (nSPS) is 13.5. The second-order valence-corrected chi connectivity index (χ2v) is 9.70. The quantitative estimate of drug-likeness (QED) is 0.309. The van der Waals surface area contributed by atoms with E-state index < -0.39 is 5.97 Å². The second kappa shape index (κ2) is 9.20. The zero-order valence-corrected chi connectivity index (χ0v) is 21.0. The molecule has 0 fully saturated rings. The molecular formula is C27H27N3O4S. The van der Waals surface area contributed by atoms with E-state index in [0.29, 0.717) is 39.2 Å². The predicted octanol–water partition coefficient (Wildman–Crippen LogP) is 5.08. The maximum Gasteiger partial charge on any atom is 0.355 e. The average molecular weight is 490 g/mol. The molecule has 2 aromatic heterocycles. The Morgan fingerprint density at radius 3 is 2.69 bits per heavy atom. The summed E-state index contributed by atoms with van der Waals surface area (Å²) in [5, 5.41) is 0.742. The van der Waals surface area contributed by atoms with Gasteiger partial charge in [-0.3, -0.25) is 0 Å². The summed E-state index contributed by atoms with van der Waals surface area (Å²) in [7, 11) is 5.36. The number of fused-ring (bicyclic) bond motifs is 2. The van der Waals surface area contributed by atoms with Gasteiger partial charge >= 0.3 is 5.97 Å². The van der Waals surface area contributed by atoms with Crippen molar-refractivity contribution in [2.24, 2.45) is 0 Å². The first-order valence-electron chi connectivity index (χ1n) is 11.3. The van der Waals surface area contributed by atoms with Gasteiger partial charge in [-0.15, -0.1) is 11.3 Å². The molecule has 2 aromatic carbocycles. The zero-order chi connectivity index (χ0) is 24.7. The fourth-order valence-electron chi connectivity index (χ4n) is 4.55. The third kappa shape index (κ3) is 4.19. The molecule has 4 aromatic rings. The summed E-state index contributed by atoms with van der Waals surface area (Å²) in [6.07, 6.45) is 0.807. The van der Waals surface area contributed by atoms with E-state index >= 15 is 0 Å². The lowest BCUT2D eigenvalue weighted by molar-refractivity contribution is 0.0741. The van der Waals surface area contributed by atoms with Crippen molar-refractivity contribution in [1.82, 2.24) is 9.88 Å². The molecule has 0 saturated carbocycles. The van der Waals surface area contributed by atoms with Gasteiger partial charge in [-0.25, -0.2) is 9.78 Å². The van der Waals surface area contributed by atoms with E-state index in [1.54, 1.807) is 20.3 Å². The first-order chi connectivity index (χ1) is 16.9. The number of esters is 1. The highest BCUT2D eigenvalue weighted by Crippen LogP contribution is 2.46. The number of likely N-dealkylation sites (N-methyl/N-ethyl adjacent to an activating group) is 1. The summed E-state index contributed by atoms with van der Waals surface area (Å²) in [5.41, 5.74) is 11.9. The van der Waals surface area contributed by atoms with Crippen LogP contribution in [0.2, 0.25) is 0 Å². The zero-order valence-electron chi connectivity index (χ0n) is 20.2. The number of nitrogens with two attached hydrogens (primary N) is 1. The molecule has 0 aliphatic carbocycles. The highest BCUT2D eigenvalue weighted by Gasteiger charge is 2.29. The van der Waals surface area contributed by atoms with Gasteiger partial charge < -0.3 is 24.8 Å². The number of rotatable bonds is 5. The smallest absolute Gasteiger partial charge is 0.355 e. The Kier molecular flexibility index (Phi) is 6.08. The van der Waals surface area contributed by atoms with Crippen molar-refractivity contribution in [3.63, 3.8) is 0 Å². The first kappa shape index (κ1) is 23.1. The lowest BCUT2D eigenvalue weighted by Crippen LogP contribution is -2.28. The average Bonchev–Trinajstić information content (AvgIpc) is 3.18. The van der Waals surface area contributed by atoms with E-state index in [2.05, 4.69) is 11.9 Å². The van der Waals surface area contributed by atoms with E-state index in [9.17, 15) is 4.79 Å². The van der Waals surface area contributed by atoms with E-state index in [0.717, 1.165) is 46.3 Å². The number of nitrogens with zero attached hydrogens (tertiary/aromatic N) is 2. The molecule has 3 heterocycles. The van der Waals surface area contributed by atoms with Crippen LogP contribution in [0.1, 0.15) is 26.5 Å². The van der Waals surface area contributed by atoms with E-state index in [1.165, 1.54) is 11.3 Å². The van der Waals surface area contributed by atoms with Crippen LogP contribution in [0.15, 0.2) is 42.5 Å². The van der Waals surface area contributed by atoms with E-state index in [1.807, 2.05) is 43.3 Å². The molecule has 0 atom stereocenters. The van der Waals surface area contributed by atoms with Gasteiger partial charge in [-0.1, -0.05) is 12.1 Å². The molecule has 1 aliphatic heterocycles. The molecule has 180 valence electrons. The Morgan fingerprint density at radius 1 is 1.11 bits per heavy atom. The summed E-state index contributed by atoms with van der Waals surface area (Å²) in [5.74, 6) is 1.39. The number of nitrogen functional groups attached to an aromatic ring is 1. The Balaban J connectivity index is 1.73. The van der Waals surface area contributed by atoms with Crippen molar-refractivity contribution in [2.75, 3.05) is 33.5 Å². The maximum absolute atomic E-state index is 13.2. The van der Waals surface area contributed by atoms with Crippen LogP contribution >= 0.6 is 11.3 Å². The van der Waals surface area contributed by atoms with Gasteiger partial charge in [0.2, 0.25) is 0 Å². The summed E-state index contributed by atoms with van der Waals surface area (Å²) in [6.45, 7) is 3.57. The summed E-state index contributed by atoms with van der Waals surface area (Å²) < 4.78 is 16.9. The number of aryl methyl sites for hydroxylation is 1. The number of thiophene rings is 1. The van der Waals surface area contributed by atoms with E-state index in [-0.39, 0.29) is 0 Å². The number of methoxy groups -OCH3 is 2. The topological polar surface area (TPSA) is 86.9 Å². The molecule has 0 spiro atoms. The minimum Gasteiger partial charge on any atom is -0.497 e. The second-order valence-electron chi connectivity index (χ2n) is 8.70. The summed E-state index contributed by atoms with van der Waals surface area (Å²) in [6, 6.07) is 13.1. The minimum atomic E-state index is -0.491. The Hall–Kier alpha value is -3.62. The summed E-state index contributed by atoms with van der Waals surface area (Å²) in [4.78, 5) is 21.4. The van der Waals surface area contributed by atoms with Crippen molar-refractivity contribution < 1.29 is 19.0 Å². The molecule has 0 unspecified atom stereocenters. The number of hydrogen-bond acceptors (Lipinski definition) is 8. The maximum atomic E-state index is 13.2. The van der Waals surface area contributed by atoms with Crippen molar-refractivity contribution in [3.05, 3.63) is 64.2 Å². The largest absolute Gasteiger partial charge is 0.497 e. The highest BCUT2D eigenvalue weighted by atomic mass is 32.1. The van der Waals surface area contributed by atoms with Crippen molar-refractivity contribution >= 4 is 33.2 Å². The number of benzene rings is 2. The molecule has 0 saturated heterocycles. The van der Waals surface area contributed by atoms with Gasteiger partial charge in [0.25, 0.3) is 0 Å².